The lowest BCUT2D eigenvalue weighted by Gasteiger charge is -2.10. The number of hydrogen-bond donors (Lipinski definition) is 1. The van der Waals surface area contributed by atoms with Crippen LogP contribution in [0.25, 0.3) is 5.78 Å². The summed E-state index contributed by atoms with van der Waals surface area (Å²) in [4.78, 5) is 7.82. The number of nitrogens with zero attached hydrogens (tertiary/aromatic N) is 4. The largest absolute Gasteiger partial charge is 0.338 e. The number of aryl methyl sites for hydroxylation is 1. The van der Waals surface area contributed by atoms with Gasteiger partial charge in [0.2, 0.25) is 0 Å². The predicted molar refractivity (Wildman–Crippen MR) is 70.2 cm³/mol. The number of halogens is 3. The van der Waals surface area contributed by atoms with Crippen LogP contribution >= 0.6 is 11.6 Å². The van der Waals surface area contributed by atoms with E-state index in [1.165, 1.54) is 23.8 Å². The molecule has 0 spiro atoms. The topological polar surface area (TPSA) is 55.1 Å². The van der Waals surface area contributed by atoms with Crippen molar-refractivity contribution in [3.05, 3.63) is 46.9 Å². The minimum absolute atomic E-state index is 0.0211. The van der Waals surface area contributed by atoms with Gasteiger partial charge in [-0.1, -0.05) is 11.6 Å². The minimum atomic E-state index is -0.579. The van der Waals surface area contributed by atoms with Gasteiger partial charge < -0.3 is 5.32 Å². The lowest BCUT2D eigenvalue weighted by atomic mass is 10.2. The van der Waals surface area contributed by atoms with Gasteiger partial charge in [-0.3, -0.25) is 0 Å². The van der Waals surface area contributed by atoms with Crippen LogP contribution in [0.1, 0.15) is 5.56 Å². The van der Waals surface area contributed by atoms with Crippen molar-refractivity contribution in [3.8, 4) is 0 Å². The standard InChI is InChI=1S/C12H8ClF2N5/c1-6-2-8(15)9(3-7(6)14)18-11-4-10(13)19-12-16-5-17-20(11)12/h2-5,18H,1H3. The van der Waals surface area contributed by atoms with Crippen LogP contribution in [0, 0.1) is 18.6 Å². The summed E-state index contributed by atoms with van der Waals surface area (Å²) in [5.74, 6) is -0.498. The Morgan fingerprint density at radius 3 is 2.80 bits per heavy atom. The molecule has 20 heavy (non-hydrogen) atoms. The van der Waals surface area contributed by atoms with Crippen molar-refractivity contribution in [2.24, 2.45) is 0 Å². The summed E-state index contributed by atoms with van der Waals surface area (Å²) < 4.78 is 28.7. The molecule has 3 rings (SSSR count). The Kier molecular flexibility index (Phi) is 2.98. The van der Waals surface area contributed by atoms with Gasteiger partial charge in [-0.2, -0.15) is 19.6 Å². The Morgan fingerprint density at radius 1 is 1.20 bits per heavy atom. The van der Waals surface area contributed by atoms with E-state index in [1.807, 2.05) is 0 Å². The number of aromatic nitrogens is 4. The van der Waals surface area contributed by atoms with Gasteiger partial charge in [-0.25, -0.2) is 8.78 Å². The summed E-state index contributed by atoms with van der Waals surface area (Å²) >= 11 is 5.84. The molecular weight excluding hydrogens is 288 g/mol. The van der Waals surface area contributed by atoms with Crippen LogP contribution < -0.4 is 5.32 Å². The summed E-state index contributed by atoms with van der Waals surface area (Å²) in [6, 6.07) is 3.63. The summed E-state index contributed by atoms with van der Waals surface area (Å²) in [7, 11) is 0. The van der Waals surface area contributed by atoms with Crippen LogP contribution in [0.4, 0.5) is 20.3 Å². The monoisotopic (exact) mass is 295 g/mol. The lowest BCUT2D eigenvalue weighted by molar-refractivity contribution is 0.595. The molecule has 0 amide bonds. The van der Waals surface area contributed by atoms with E-state index in [9.17, 15) is 8.78 Å². The van der Waals surface area contributed by atoms with Crippen molar-refractivity contribution in [3.63, 3.8) is 0 Å². The first-order valence-electron chi connectivity index (χ1n) is 5.63. The second-order valence-corrected chi connectivity index (χ2v) is 4.53. The zero-order chi connectivity index (χ0) is 14.3. The van der Waals surface area contributed by atoms with E-state index < -0.39 is 11.6 Å². The minimum Gasteiger partial charge on any atom is -0.338 e. The molecular formula is C12H8ClF2N5. The lowest BCUT2D eigenvalue weighted by Crippen LogP contribution is -2.03. The summed E-state index contributed by atoms with van der Waals surface area (Å²) in [5, 5.41) is 6.83. The maximum atomic E-state index is 13.8. The zero-order valence-electron chi connectivity index (χ0n) is 10.2. The molecule has 0 aliphatic heterocycles. The quantitative estimate of drug-likeness (QED) is 0.738. The van der Waals surface area contributed by atoms with Gasteiger partial charge in [-0.05, 0) is 18.6 Å². The fourth-order valence-electron chi connectivity index (χ4n) is 1.75. The number of nitrogens with one attached hydrogen (secondary N) is 1. The first-order chi connectivity index (χ1) is 9.54. The third kappa shape index (κ3) is 2.16. The third-order valence-corrected chi connectivity index (χ3v) is 2.93. The van der Waals surface area contributed by atoms with E-state index >= 15 is 0 Å². The number of benzene rings is 1. The van der Waals surface area contributed by atoms with E-state index in [0.717, 1.165) is 12.1 Å². The molecule has 0 aliphatic rings. The molecule has 0 saturated heterocycles. The zero-order valence-corrected chi connectivity index (χ0v) is 11.0. The molecule has 5 nitrogen and oxygen atoms in total. The molecule has 0 radical (unpaired) electrons. The molecule has 0 unspecified atom stereocenters. The van der Waals surface area contributed by atoms with Crippen molar-refractivity contribution in [2.75, 3.05) is 5.32 Å². The highest BCUT2D eigenvalue weighted by atomic mass is 35.5. The number of fused-ring (bicyclic) bond motifs is 1. The molecule has 0 fully saturated rings. The second kappa shape index (κ2) is 4.68. The summed E-state index contributed by atoms with van der Waals surface area (Å²) in [6.45, 7) is 1.49. The van der Waals surface area contributed by atoms with Gasteiger partial charge in [0.25, 0.3) is 5.78 Å². The fourth-order valence-corrected chi connectivity index (χ4v) is 1.93. The molecule has 2 heterocycles. The fraction of sp³-hybridized carbons (Fsp3) is 0.0833. The molecule has 0 bridgehead atoms. The molecule has 1 aromatic carbocycles. The van der Waals surface area contributed by atoms with Crippen LogP contribution in [-0.4, -0.2) is 19.6 Å². The van der Waals surface area contributed by atoms with Crippen molar-refractivity contribution in [2.45, 2.75) is 6.92 Å². The van der Waals surface area contributed by atoms with E-state index in [-0.39, 0.29) is 22.2 Å². The predicted octanol–water partition coefficient (Wildman–Crippen LogP) is 3.11. The van der Waals surface area contributed by atoms with Gasteiger partial charge in [-0.15, -0.1) is 0 Å². The van der Waals surface area contributed by atoms with Gasteiger partial charge >= 0.3 is 0 Å². The highest BCUT2D eigenvalue weighted by molar-refractivity contribution is 6.29. The highest BCUT2D eigenvalue weighted by Gasteiger charge is 2.11. The van der Waals surface area contributed by atoms with Crippen LogP contribution in [0.5, 0.6) is 0 Å². The van der Waals surface area contributed by atoms with Crippen molar-refractivity contribution < 1.29 is 8.78 Å². The SMILES string of the molecule is Cc1cc(F)c(Nc2cc(Cl)nc3ncnn23)cc1F. The van der Waals surface area contributed by atoms with E-state index in [2.05, 4.69) is 20.4 Å². The first kappa shape index (κ1) is 12.7. The Morgan fingerprint density at radius 2 is 2.00 bits per heavy atom. The molecule has 0 atom stereocenters. The van der Waals surface area contributed by atoms with Crippen molar-refractivity contribution >= 4 is 28.9 Å². The Balaban J connectivity index is 2.09. The molecule has 1 N–H and O–H groups in total. The van der Waals surface area contributed by atoms with Crippen LogP contribution in [0.15, 0.2) is 24.5 Å². The number of hydrogen-bond acceptors (Lipinski definition) is 4. The maximum Gasteiger partial charge on any atom is 0.255 e. The maximum absolute atomic E-state index is 13.8. The van der Waals surface area contributed by atoms with Gasteiger partial charge in [0.15, 0.2) is 0 Å². The van der Waals surface area contributed by atoms with Crippen molar-refractivity contribution in [1.29, 1.82) is 0 Å². The first-order valence-corrected chi connectivity index (χ1v) is 6.01. The van der Waals surface area contributed by atoms with E-state index in [0.29, 0.717) is 5.82 Å². The van der Waals surface area contributed by atoms with Gasteiger partial charge in [0.05, 0.1) is 5.69 Å². The van der Waals surface area contributed by atoms with Crippen LogP contribution in [-0.2, 0) is 0 Å². The van der Waals surface area contributed by atoms with E-state index in [1.54, 1.807) is 0 Å². The second-order valence-electron chi connectivity index (χ2n) is 4.14. The van der Waals surface area contributed by atoms with E-state index in [4.69, 9.17) is 11.6 Å². The average molecular weight is 296 g/mol. The Labute approximate surface area is 117 Å². The molecule has 102 valence electrons. The molecule has 3 aromatic rings. The highest BCUT2D eigenvalue weighted by Crippen LogP contribution is 2.24. The average Bonchev–Trinajstić information content (AvgIpc) is 2.84. The number of anilines is 2. The van der Waals surface area contributed by atoms with Gasteiger partial charge in [0.1, 0.15) is 28.9 Å². The number of rotatable bonds is 2. The van der Waals surface area contributed by atoms with Crippen molar-refractivity contribution in [1.82, 2.24) is 19.6 Å². The normalized spacial score (nSPS) is 11.0. The summed E-state index contributed by atoms with van der Waals surface area (Å²) in [6.07, 6.45) is 1.29. The van der Waals surface area contributed by atoms with Crippen LogP contribution in [0.3, 0.4) is 0 Å². The van der Waals surface area contributed by atoms with Crippen LogP contribution in [0.2, 0.25) is 5.15 Å². The third-order valence-electron chi connectivity index (χ3n) is 2.73. The molecule has 2 aromatic heterocycles. The van der Waals surface area contributed by atoms with Gasteiger partial charge in [0, 0.05) is 12.1 Å². The molecule has 0 saturated carbocycles. The Bertz CT molecular complexity index is 802. The Hall–Kier alpha value is -2.28. The smallest absolute Gasteiger partial charge is 0.255 e. The molecule has 0 aliphatic carbocycles. The summed E-state index contributed by atoms with van der Waals surface area (Å²) in [5.41, 5.74) is 0.207. The molecule has 8 heteroatoms.